The van der Waals surface area contributed by atoms with Gasteiger partial charge < -0.3 is 20.1 Å². The van der Waals surface area contributed by atoms with Crippen LogP contribution in [-0.2, 0) is 9.59 Å². The van der Waals surface area contributed by atoms with Gasteiger partial charge in [-0.05, 0) is 66.2 Å². The van der Waals surface area contributed by atoms with E-state index in [1.54, 1.807) is 6.08 Å². The summed E-state index contributed by atoms with van der Waals surface area (Å²) in [6.07, 6.45) is 4.94. The van der Waals surface area contributed by atoms with Crippen molar-refractivity contribution in [1.29, 1.82) is 5.26 Å². The van der Waals surface area contributed by atoms with Crippen LogP contribution in [0.1, 0.15) is 64.9 Å². The number of nitriles is 1. The largest absolute Gasteiger partial charge is 0.490 e. The molecule has 3 atom stereocenters. The molecule has 1 aliphatic carbocycles. The highest BCUT2D eigenvalue weighted by Crippen LogP contribution is 2.47. The lowest BCUT2D eigenvalue weighted by Crippen LogP contribution is -2.36. The molecule has 0 spiro atoms. The number of nitrogens with one attached hydrogen (secondary N) is 2. The van der Waals surface area contributed by atoms with E-state index in [1.165, 1.54) is 6.92 Å². The highest BCUT2D eigenvalue weighted by Gasteiger charge is 2.39. The van der Waals surface area contributed by atoms with Crippen molar-refractivity contribution in [3.63, 3.8) is 0 Å². The van der Waals surface area contributed by atoms with E-state index >= 15 is 0 Å². The number of carbonyl (C=O) groups is 2. The molecule has 0 radical (unpaired) electrons. The first-order chi connectivity index (χ1) is 17.2. The van der Waals surface area contributed by atoms with Gasteiger partial charge >= 0.3 is 0 Å². The minimum Gasteiger partial charge on any atom is -0.490 e. The minimum atomic E-state index is -0.480. The van der Waals surface area contributed by atoms with Crippen LogP contribution >= 0.6 is 15.9 Å². The van der Waals surface area contributed by atoms with Crippen molar-refractivity contribution in [1.82, 2.24) is 10.6 Å². The second kappa shape index (κ2) is 12.3. The molecule has 1 aromatic rings. The summed E-state index contributed by atoms with van der Waals surface area (Å²) >= 11 is 3.61. The van der Waals surface area contributed by atoms with Crippen molar-refractivity contribution >= 4 is 27.6 Å². The molecule has 1 aromatic carbocycles. The Morgan fingerprint density at radius 2 is 2.11 bits per heavy atom. The average molecular weight is 557 g/mol. The predicted molar refractivity (Wildman–Crippen MR) is 142 cm³/mol. The van der Waals surface area contributed by atoms with E-state index in [0.29, 0.717) is 46.1 Å². The smallest absolute Gasteiger partial charge is 0.217 e. The van der Waals surface area contributed by atoms with Gasteiger partial charge in [-0.2, -0.15) is 5.26 Å². The molecule has 0 aromatic heterocycles. The summed E-state index contributed by atoms with van der Waals surface area (Å²) in [6.45, 7) is 11.7. The van der Waals surface area contributed by atoms with Gasteiger partial charge in [-0.25, -0.2) is 0 Å². The molecule has 0 bridgehead atoms. The standard InChI is InChI=1S/C28H34BrN3O4/c1-6-9-18-10-23-27(24(34)11-18)26(21(14-30)16(4)31-23)19-12-22(29)28(25(13-19)35-8-3)36-15-20(7-2)32-17(5)33/h7,12-13,18,20,26,31H,2,6,8-11,15H2,1,3-5H3,(H,32,33). The number of hydrogen-bond acceptors (Lipinski definition) is 6. The van der Waals surface area contributed by atoms with Crippen LogP contribution in [0.3, 0.4) is 0 Å². The Morgan fingerprint density at radius 3 is 2.72 bits per heavy atom. The van der Waals surface area contributed by atoms with Crippen molar-refractivity contribution in [2.75, 3.05) is 13.2 Å². The number of benzene rings is 1. The van der Waals surface area contributed by atoms with Crippen molar-refractivity contribution in [3.8, 4) is 17.6 Å². The molecule has 7 nitrogen and oxygen atoms in total. The highest BCUT2D eigenvalue weighted by molar-refractivity contribution is 9.10. The van der Waals surface area contributed by atoms with Gasteiger partial charge in [0, 0.05) is 30.3 Å². The zero-order valence-electron chi connectivity index (χ0n) is 21.4. The van der Waals surface area contributed by atoms with E-state index in [4.69, 9.17) is 9.47 Å². The molecule has 8 heteroatoms. The lowest BCUT2D eigenvalue weighted by molar-refractivity contribution is -0.119. The highest BCUT2D eigenvalue weighted by atomic mass is 79.9. The molecule has 2 aliphatic rings. The molecule has 0 saturated heterocycles. The zero-order valence-corrected chi connectivity index (χ0v) is 23.0. The van der Waals surface area contributed by atoms with Gasteiger partial charge in [0.15, 0.2) is 17.3 Å². The quantitative estimate of drug-likeness (QED) is 0.373. The Kier molecular flexibility index (Phi) is 9.38. The number of ketones is 1. The van der Waals surface area contributed by atoms with E-state index in [9.17, 15) is 14.9 Å². The topological polar surface area (TPSA) is 100 Å². The number of halogens is 1. The number of ether oxygens (including phenoxy) is 2. The molecule has 192 valence electrons. The summed E-state index contributed by atoms with van der Waals surface area (Å²) in [5.41, 5.74) is 3.67. The SMILES string of the molecule is C=CC(COc1c(Br)cc(C2C(C#N)=C(C)NC3=C2C(=O)CC(CCC)C3)cc1OCC)NC(C)=O. The Labute approximate surface area is 221 Å². The minimum absolute atomic E-state index is 0.0889. The van der Waals surface area contributed by atoms with Crippen LogP contribution in [0, 0.1) is 17.2 Å². The monoisotopic (exact) mass is 555 g/mol. The summed E-state index contributed by atoms with van der Waals surface area (Å²) in [5, 5.41) is 16.2. The van der Waals surface area contributed by atoms with Gasteiger partial charge in [0.1, 0.15) is 6.61 Å². The van der Waals surface area contributed by atoms with Gasteiger partial charge in [-0.3, -0.25) is 9.59 Å². The lowest BCUT2D eigenvalue weighted by Gasteiger charge is -2.35. The van der Waals surface area contributed by atoms with Crippen molar-refractivity contribution in [2.45, 2.75) is 65.3 Å². The van der Waals surface area contributed by atoms with Crippen LogP contribution in [0.4, 0.5) is 0 Å². The fraction of sp³-hybridized carbons (Fsp3) is 0.464. The number of Topliss-reactive ketones (excluding diaryl/α,β-unsaturated/α-hetero) is 1. The first kappa shape index (κ1) is 27.5. The first-order valence-corrected chi connectivity index (χ1v) is 13.2. The third-order valence-electron chi connectivity index (χ3n) is 6.47. The summed E-state index contributed by atoms with van der Waals surface area (Å²) in [6, 6.07) is 5.70. The summed E-state index contributed by atoms with van der Waals surface area (Å²) < 4.78 is 12.6. The Hall–Kier alpha value is -3.05. The van der Waals surface area contributed by atoms with Gasteiger partial charge in [0.25, 0.3) is 0 Å². The van der Waals surface area contributed by atoms with Crippen LogP contribution in [0.5, 0.6) is 11.5 Å². The number of carbonyl (C=O) groups excluding carboxylic acids is 2. The molecule has 1 amide bonds. The zero-order chi connectivity index (χ0) is 26.4. The van der Waals surface area contributed by atoms with Gasteiger partial charge in [-0.15, -0.1) is 6.58 Å². The Bertz CT molecular complexity index is 1150. The maximum absolute atomic E-state index is 13.4. The van der Waals surface area contributed by atoms with Crippen LogP contribution in [0.2, 0.25) is 0 Å². The van der Waals surface area contributed by atoms with Crippen LogP contribution < -0.4 is 20.1 Å². The first-order valence-electron chi connectivity index (χ1n) is 12.4. The number of dihydropyridines is 1. The summed E-state index contributed by atoms with van der Waals surface area (Å²) in [7, 11) is 0. The van der Waals surface area contributed by atoms with E-state index < -0.39 is 5.92 Å². The summed E-state index contributed by atoms with van der Waals surface area (Å²) in [5.74, 6) is 0.724. The van der Waals surface area contributed by atoms with Crippen molar-refractivity contribution in [2.24, 2.45) is 5.92 Å². The molecule has 3 rings (SSSR count). The number of amides is 1. The Balaban J connectivity index is 2.04. The maximum atomic E-state index is 13.4. The number of hydrogen-bond donors (Lipinski definition) is 2. The van der Waals surface area contributed by atoms with Crippen molar-refractivity contribution in [3.05, 3.63) is 57.4 Å². The average Bonchev–Trinajstić information content (AvgIpc) is 2.81. The van der Waals surface area contributed by atoms with Crippen molar-refractivity contribution < 1.29 is 19.1 Å². The molecule has 0 saturated carbocycles. The molecule has 3 unspecified atom stereocenters. The van der Waals surface area contributed by atoms with E-state index in [-0.39, 0.29) is 24.3 Å². The van der Waals surface area contributed by atoms with Crippen LogP contribution in [0.25, 0.3) is 0 Å². The number of allylic oxidation sites excluding steroid dienone is 4. The second-order valence-electron chi connectivity index (χ2n) is 9.20. The molecule has 36 heavy (non-hydrogen) atoms. The third kappa shape index (κ3) is 6.01. The molecular formula is C28H34BrN3O4. The molecule has 1 aliphatic heterocycles. The predicted octanol–water partition coefficient (Wildman–Crippen LogP) is 5.43. The van der Waals surface area contributed by atoms with Gasteiger partial charge in [0.2, 0.25) is 5.91 Å². The fourth-order valence-electron chi connectivity index (χ4n) is 4.97. The van der Waals surface area contributed by atoms with Crippen LogP contribution in [-0.4, -0.2) is 30.9 Å². The normalized spacial score (nSPS) is 20.2. The van der Waals surface area contributed by atoms with Gasteiger partial charge in [-0.1, -0.05) is 19.4 Å². The van der Waals surface area contributed by atoms with E-state index in [1.807, 2.05) is 26.0 Å². The molecule has 1 heterocycles. The molecule has 0 fully saturated rings. The second-order valence-corrected chi connectivity index (χ2v) is 10.1. The van der Waals surface area contributed by atoms with E-state index in [0.717, 1.165) is 36.2 Å². The number of nitrogens with zero attached hydrogens (tertiary/aromatic N) is 1. The third-order valence-corrected chi connectivity index (χ3v) is 7.06. The maximum Gasteiger partial charge on any atom is 0.217 e. The van der Waals surface area contributed by atoms with E-state index in [2.05, 4.69) is 46.1 Å². The van der Waals surface area contributed by atoms with Crippen LogP contribution in [0.15, 0.2) is 51.8 Å². The lowest BCUT2D eigenvalue weighted by atomic mass is 9.72. The molecule has 2 N–H and O–H groups in total. The summed E-state index contributed by atoms with van der Waals surface area (Å²) in [4.78, 5) is 24.8. The Morgan fingerprint density at radius 1 is 1.36 bits per heavy atom. The number of rotatable bonds is 10. The molecular weight excluding hydrogens is 522 g/mol. The fourth-order valence-corrected chi connectivity index (χ4v) is 5.55. The van der Waals surface area contributed by atoms with Gasteiger partial charge in [0.05, 0.1) is 34.7 Å².